The molecule has 0 amide bonds. The van der Waals surface area contributed by atoms with Crippen molar-refractivity contribution in [1.29, 1.82) is 0 Å². The lowest BCUT2D eigenvalue weighted by Crippen LogP contribution is -2.39. The number of anilines is 2. The number of rotatable bonds is 4. The molecule has 0 N–H and O–H groups in total. The number of imidazole rings is 1. The summed E-state index contributed by atoms with van der Waals surface area (Å²) in [6.45, 7) is 5.73. The summed E-state index contributed by atoms with van der Waals surface area (Å²) in [5, 5.41) is 0. The summed E-state index contributed by atoms with van der Waals surface area (Å²) in [5.41, 5.74) is 4.68. The quantitative estimate of drug-likeness (QED) is 0.501. The second-order valence-electron chi connectivity index (χ2n) is 8.25. The Kier molecular flexibility index (Phi) is 4.81. The van der Waals surface area contributed by atoms with E-state index in [0.29, 0.717) is 23.7 Å². The van der Waals surface area contributed by atoms with Crippen molar-refractivity contribution >= 4 is 28.9 Å². The van der Waals surface area contributed by atoms with Crippen molar-refractivity contribution in [2.75, 3.05) is 11.4 Å². The highest BCUT2D eigenvalue weighted by molar-refractivity contribution is 5.78. The fourth-order valence-corrected chi connectivity index (χ4v) is 4.43. The van der Waals surface area contributed by atoms with Crippen molar-refractivity contribution in [3.63, 3.8) is 0 Å². The van der Waals surface area contributed by atoms with Gasteiger partial charge in [-0.2, -0.15) is 4.98 Å². The van der Waals surface area contributed by atoms with Crippen LogP contribution >= 0.6 is 0 Å². The van der Waals surface area contributed by atoms with Gasteiger partial charge in [-0.25, -0.2) is 4.79 Å². The molecule has 0 bridgehead atoms. The monoisotopic (exact) mass is 427 g/mol. The van der Waals surface area contributed by atoms with E-state index < -0.39 is 0 Å². The van der Waals surface area contributed by atoms with Gasteiger partial charge in [0.1, 0.15) is 0 Å². The summed E-state index contributed by atoms with van der Waals surface area (Å²) < 4.78 is 4.68. The molecule has 1 aliphatic rings. The molecular formula is C25H25N5O2. The Morgan fingerprint density at radius 3 is 2.56 bits per heavy atom. The Hall–Kier alpha value is -3.87. The van der Waals surface area contributed by atoms with Crippen LogP contribution in [0.1, 0.15) is 16.7 Å². The van der Waals surface area contributed by atoms with E-state index in [-0.39, 0.29) is 17.8 Å². The van der Waals surface area contributed by atoms with Crippen LogP contribution in [0.25, 0.3) is 17.2 Å². The Labute approximate surface area is 185 Å². The predicted molar refractivity (Wildman–Crippen MR) is 128 cm³/mol. The third-order valence-corrected chi connectivity index (χ3v) is 6.04. The molecule has 0 spiro atoms. The molecule has 5 rings (SSSR count). The number of benzene rings is 2. The largest absolute Gasteiger partial charge is 0.332 e. The molecule has 1 aliphatic heterocycles. The topological polar surface area (TPSA) is 65.1 Å². The van der Waals surface area contributed by atoms with Gasteiger partial charge in [-0.05, 0) is 31.0 Å². The molecule has 7 nitrogen and oxygen atoms in total. The van der Waals surface area contributed by atoms with E-state index >= 15 is 0 Å². The van der Waals surface area contributed by atoms with Crippen molar-refractivity contribution in [2.24, 2.45) is 7.05 Å². The zero-order chi connectivity index (χ0) is 22.4. The van der Waals surface area contributed by atoms with E-state index in [1.54, 1.807) is 7.05 Å². The van der Waals surface area contributed by atoms with E-state index in [1.165, 1.54) is 14.7 Å². The Bertz CT molecular complexity index is 1470. The molecule has 0 radical (unpaired) electrons. The lowest BCUT2D eigenvalue weighted by Gasteiger charge is -2.19. The molecule has 0 saturated carbocycles. The minimum absolute atomic E-state index is 0.206. The number of aromatic nitrogens is 4. The standard InChI is InChI=1S/C25H25N5O2/c1-17-11-12-20(18(2)16-17)28-14-15-29-21-22(26-24(28)29)27(3)25(32)30(23(21)31)13-7-10-19-8-5-4-6-9-19/h4-12,16H,13-15H2,1-3H3/b10-7+. The minimum Gasteiger partial charge on any atom is -0.310 e. The van der Waals surface area contributed by atoms with Crippen molar-refractivity contribution in [1.82, 2.24) is 18.7 Å². The number of nitrogens with zero attached hydrogens (tertiary/aromatic N) is 5. The molecule has 0 aliphatic carbocycles. The van der Waals surface area contributed by atoms with Crippen LogP contribution in [0.5, 0.6) is 0 Å². The van der Waals surface area contributed by atoms with Crippen LogP contribution in [0, 0.1) is 13.8 Å². The molecule has 0 saturated heterocycles. The van der Waals surface area contributed by atoms with E-state index in [4.69, 9.17) is 4.98 Å². The van der Waals surface area contributed by atoms with Crippen molar-refractivity contribution < 1.29 is 0 Å². The highest BCUT2D eigenvalue weighted by atomic mass is 16.2. The van der Waals surface area contributed by atoms with Gasteiger partial charge in [0.15, 0.2) is 11.2 Å². The van der Waals surface area contributed by atoms with Gasteiger partial charge in [0.25, 0.3) is 5.56 Å². The Morgan fingerprint density at radius 2 is 1.81 bits per heavy atom. The van der Waals surface area contributed by atoms with Crippen LogP contribution in [-0.2, 0) is 20.1 Å². The fraction of sp³-hybridized carbons (Fsp3) is 0.240. The van der Waals surface area contributed by atoms with Gasteiger partial charge in [-0.15, -0.1) is 0 Å². The number of allylic oxidation sites excluding steroid dienone is 1. The maximum atomic E-state index is 13.4. The highest BCUT2D eigenvalue weighted by Gasteiger charge is 2.29. The van der Waals surface area contributed by atoms with Gasteiger partial charge < -0.3 is 9.47 Å². The molecule has 7 heteroatoms. The third-order valence-electron chi connectivity index (χ3n) is 6.04. The molecule has 2 aromatic heterocycles. The SMILES string of the molecule is Cc1ccc(N2CCn3c2nc2c3c(=O)n(C/C=C/c3ccccc3)c(=O)n2C)c(C)c1. The lowest BCUT2D eigenvalue weighted by atomic mass is 10.1. The number of hydrogen-bond acceptors (Lipinski definition) is 4. The molecule has 32 heavy (non-hydrogen) atoms. The van der Waals surface area contributed by atoms with Crippen molar-refractivity contribution in [3.8, 4) is 0 Å². The predicted octanol–water partition coefficient (Wildman–Crippen LogP) is 3.38. The van der Waals surface area contributed by atoms with E-state index in [9.17, 15) is 9.59 Å². The maximum absolute atomic E-state index is 13.4. The molecule has 4 aromatic rings. The molecule has 0 fully saturated rings. The van der Waals surface area contributed by atoms with Crippen LogP contribution in [0.15, 0.2) is 64.2 Å². The summed E-state index contributed by atoms with van der Waals surface area (Å²) in [4.78, 5) is 33.1. The zero-order valence-corrected chi connectivity index (χ0v) is 18.4. The van der Waals surface area contributed by atoms with Crippen molar-refractivity contribution in [2.45, 2.75) is 26.9 Å². The zero-order valence-electron chi connectivity index (χ0n) is 18.4. The van der Waals surface area contributed by atoms with E-state index in [1.807, 2.05) is 47.1 Å². The summed E-state index contributed by atoms with van der Waals surface area (Å²) in [6.07, 6.45) is 3.76. The average Bonchev–Trinajstić information content (AvgIpc) is 3.35. The number of aryl methyl sites for hydroxylation is 3. The molecule has 162 valence electrons. The van der Waals surface area contributed by atoms with Crippen LogP contribution in [0.2, 0.25) is 0 Å². The average molecular weight is 428 g/mol. The highest BCUT2D eigenvalue weighted by Crippen LogP contribution is 2.33. The van der Waals surface area contributed by atoms with Crippen LogP contribution in [-0.4, -0.2) is 25.2 Å². The fourth-order valence-electron chi connectivity index (χ4n) is 4.43. The first-order valence-corrected chi connectivity index (χ1v) is 10.7. The summed E-state index contributed by atoms with van der Waals surface area (Å²) in [6, 6.07) is 16.1. The molecular weight excluding hydrogens is 402 g/mol. The lowest BCUT2D eigenvalue weighted by molar-refractivity contribution is 0.663. The number of hydrogen-bond donors (Lipinski definition) is 0. The van der Waals surface area contributed by atoms with Gasteiger partial charge in [0.2, 0.25) is 5.95 Å². The van der Waals surface area contributed by atoms with Gasteiger partial charge in [0.05, 0.1) is 0 Å². The van der Waals surface area contributed by atoms with Gasteiger partial charge in [-0.3, -0.25) is 13.9 Å². The van der Waals surface area contributed by atoms with Gasteiger partial charge in [-0.1, -0.05) is 60.2 Å². The summed E-state index contributed by atoms with van der Waals surface area (Å²) in [7, 11) is 1.67. The molecule has 0 atom stereocenters. The van der Waals surface area contributed by atoms with Crippen LogP contribution in [0.4, 0.5) is 11.6 Å². The summed E-state index contributed by atoms with van der Waals surface area (Å²) >= 11 is 0. The van der Waals surface area contributed by atoms with E-state index in [0.717, 1.165) is 23.4 Å². The molecule has 2 aromatic carbocycles. The van der Waals surface area contributed by atoms with Gasteiger partial charge in [0, 0.05) is 32.4 Å². The Balaban J connectivity index is 1.59. The van der Waals surface area contributed by atoms with Crippen LogP contribution < -0.4 is 16.1 Å². The molecule has 0 unspecified atom stereocenters. The smallest absolute Gasteiger partial charge is 0.310 e. The first kappa shape index (κ1) is 20.1. The Morgan fingerprint density at radius 1 is 1.03 bits per heavy atom. The second-order valence-corrected chi connectivity index (χ2v) is 8.25. The number of fused-ring (bicyclic) bond motifs is 3. The molecule has 3 heterocycles. The van der Waals surface area contributed by atoms with Gasteiger partial charge >= 0.3 is 5.69 Å². The minimum atomic E-state index is -0.366. The first-order chi connectivity index (χ1) is 15.5. The second kappa shape index (κ2) is 7.67. The van der Waals surface area contributed by atoms with E-state index in [2.05, 4.69) is 36.9 Å². The first-order valence-electron chi connectivity index (χ1n) is 10.7. The van der Waals surface area contributed by atoms with Crippen molar-refractivity contribution in [3.05, 3.63) is 92.1 Å². The normalized spacial score (nSPS) is 13.4. The summed E-state index contributed by atoms with van der Waals surface area (Å²) in [5.74, 6) is 0.705. The third kappa shape index (κ3) is 3.17. The van der Waals surface area contributed by atoms with Crippen LogP contribution in [0.3, 0.4) is 0 Å². The maximum Gasteiger partial charge on any atom is 0.332 e.